The average Bonchev–Trinajstić information content (AvgIpc) is 2.95. The van der Waals surface area contributed by atoms with Crippen LogP contribution in [-0.2, 0) is 0 Å². The van der Waals surface area contributed by atoms with Gasteiger partial charge in [-0.05, 0) is 24.3 Å². The highest BCUT2D eigenvalue weighted by atomic mass is 32.1. The number of hydrazine groups is 1. The van der Waals surface area contributed by atoms with Crippen LogP contribution in [0.15, 0.2) is 60.0 Å². The highest BCUT2D eigenvalue weighted by Crippen LogP contribution is 2.26. The van der Waals surface area contributed by atoms with Crippen LogP contribution < -0.4 is 10.9 Å². The Labute approximate surface area is 120 Å². The molecule has 1 aromatic heterocycles. The molecule has 2 aromatic carbocycles. The number of para-hydroxylation sites is 1. The Morgan fingerprint density at radius 3 is 2.45 bits per heavy atom. The minimum atomic E-state index is -0.264. The van der Waals surface area contributed by atoms with E-state index in [9.17, 15) is 4.39 Å². The highest BCUT2D eigenvalue weighted by Gasteiger charge is 2.08. The molecule has 0 aliphatic rings. The van der Waals surface area contributed by atoms with Gasteiger partial charge in [-0.1, -0.05) is 30.3 Å². The molecule has 1 heterocycles. The predicted octanol–water partition coefficient (Wildman–Crippen LogP) is 4.39. The van der Waals surface area contributed by atoms with Gasteiger partial charge in [-0.25, -0.2) is 9.37 Å². The molecule has 0 saturated carbocycles. The molecule has 0 aliphatic heterocycles. The molecule has 3 rings (SSSR count). The maximum absolute atomic E-state index is 13.7. The van der Waals surface area contributed by atoms with E-state index in [0.717, 1.165) is 5.69 Å². The second-order valence-corrected chi connectivity index (χ2v) is 4.99. The molecule has 0 unspecified atom stereocenters. The molecule has 0 aliphatic carbocycles. The molecular weight excluding hydrogens is 273 g/mol. The molecule has 0 spiro atoms. The van der Waals surface area contributed by atoms with E-state index in [-0.39, 0.29) is 5.82 Å². The number of rotatable bonds is 4. The van der Waals surface area contributed by atoms with Gasteiger partial charge in [-0.15, -0.1) is 11.3 Å². The molecule has 100 valence electrons. The first-order valence-corrected chi connectivity index (χ1v) is 6.98. The fourth-order valence-electron chi connectivity index (χ4n) is 1.77. The molecule has 5 heteroatoms. The third-order valence-corrected chi connectivity index (χ3v) is 3.50. The monoisotopic (exact) mass is 285 g/mol. The van der Waals surface area contributed by atoms with Gasteiger partial charge in [0.05, 0.1) is 11.4 Å². The lowest BCUT2D eigenvalue weighted by atomic mass is 10.2. The van der Waals surface area contributed by atoms with Crippen molar-refractivity contribution in [2.75, 3.05) is 10.9 Å². The van der Waals surface area contributed by atoms with Gasteiger partial charge in [0.15, 0.2) is 0 Å². The van der Waals surface area contributed by atoms with Crippen molar-refractivity contribution in [3.8, 4) is 11.3 Å². The summed E-state index contributed by atoms with van der Waals surface area (Å²) in [7, 11) is 0. The third-order valence-electron chi connectivity index (χ3n) is 2.74. The topological polar surface area (TPSA) is 37.0 Å². The van der Waals surface area contributed by atoms with Gasteiger partial charge in [0.25, 0.3) is 0 Å². The summed E-state index contributed by atoms with van der Waals surface area (Å²) in [5, 5.41) is 2.51. The highest BCUT2D eigenvalue weighted by molar-refractivity contribution is 7.14. The molecule has 20 heavy (non-hydrogen) atoms. The van der Waals surface area contributed by atoms with Crippen LogP contribution in [0.25, 0.3) is 11.3 Å². The summed E-state index contributed by atoms with van der Waals surface area (Å²) >= 11 is 1.42. The molecule has 0 bridgehead atoms. The Morgan fingerprint density at radius 2 is 1.65 bits per heavy atom. The fraction of sp³-hybridized carbons (Fsp3) is 0. The summed E-state index contributed by atoms with van der Waals surface area (Å²) in [5.74, 6) is -0.264. The molecular formula is C15H12FN3S. The van der Waals surface area contributed by atoms with Crippen molar-refractivity contribution in [1.29, 1.82) is 0 Å². The largest absolute Gasteiger partial charge is 0.299 e. The summed E-state index contributed by atoms with van der Waals surface area (Å²) in [6.07, 6.45) is 0. The summed E-state index contributed by atoms with van der Waals surface area (Å²) in [6.45, 7) is 0. The van der Waals surface area contributed by atoms with Crippen molar-refractivity contribution in [2.45, 2.75) is 0 Å². The number of hydrogen-bond donors (Lipinski definition) is 2. The van der Waals surface area contributed by atoms with Crippen LogP contribution >= 0.6 is 11.3 Å². The van der Waals surface area contributed by atoms with Crippen LogP contribution in [-0.4, -0.2) is 4.98 Å². The van der Waals surface area contributed by atoms with E-state index in [0.29, 0.717) is 16.4 Å². The first-order chi connectivity index (χ1) is 9.83. The Morgan fingerprint density at radius 1 is 0.900 bits per heavy atom. The van der Waals surface area contributed by atoms with Gasteiger partial charge in [0.1, 0.15) is 5.82 Å². The van der Waals surface area contributed by atoms with E-state index in [1.807, 2.05) is 35.7 Å². The molecule has 0 fully saturated rings. The van der Waals surface area contributed by atoms with Crippen LogP contribution in [0.2, 0.25) is 0 Å². The normalized spacial score (nSPS) is 10.2. The lowest BCUT2D eigenvalue weighted by Crippen LogP contribution is -2.07. The molecule has 0 saturated heterocycles. The summed E-state index contributed by atoms with van der Waals surface area (Å²) in [4.78, 5) is 4.36. The zero-order valence-electron chi connectivity index (χ0n) is 10.5. The van der Waals surface area contributed by atoms with Gasteiger partial charge in [0.2, 0.25) is 5.13 Å². The van der Waals surface area contributed by atoms with Crippen molar-refractivity contribution in [3.05, 3.63) is 65.8 Å². The number of nitrogens with zero attached hydrogens (tertiary/aromatic N) is 1. The minimum absolute atomic E-state index is 0.264. The number of anilines is 2. The van der Waals surface area contributed by atoms with E-state index in [4.69, 9.17) is 0 Å². The molecule has 0 amide bonds. The van der Waals surface area contributed by atoms with Crippen molar-refractivity contribution in [1.82, 2.24) is 4.98 Å². The van der Waals surface area contributed by atoms with Gasteiger partial charge in [0, 0.05) is 10.9 Å². The Bertz CT molecular complexity index is 697. The van der Waals surface area contributed by atoms with Gasteiger partial charge in [-0.2, -0.15) is 0 Å². The van der Waals surface area contributed by atoms with E-state index >= 15 is 0 Å². The SMILES string of the molecule is Fc1ccccc1-c1csc(NNc2ccccc2)n1. The van der Waals surface area contributed by atoms with Crippen molar-refractivity contribution < 1.29 is 4.39 Å². The van der Waals surface area contributed by atoms with E-state index in [2.05, 4.69) is 15.8 Å². The fourth-order valence-corrected chi connectivity index (χ4v) is 2.43. The summed E-state index contributed by atoms with van der Waals surface area (Å²) in [6, 6.07) is 16.3. The van der Waals surface area contributed by atoms with Gasteiger partial charge < -0.3 is 0 Å². The number of nitrogens with one attached hydrogen (secondary N) is 2. The van der Waals surface area contributed by atoms with Gasteiger partial charge in [-0.3, -0.25) is 10.9 Å². The van der Waals surface area contributed by atoms with Crippen LogP contribution in [0.1, 0.15) is 0 Å². The average molecular weight is 285 g/mol. The molecule has 0 radical (unpaired) electrons. The smallest absolute Gasteiger partial charge is 0.202 e. The Hall–Kier alpha value is -2.40. The Kier molecular flexibility index (Phi) is 3.60. The minimum Gasteiger partial charge on any atom is -0.299 e. The lowest BCUT2D eigenvalue weighted by molar-refractivity contribution is 0.631. The number of thiazole rings is 1. The molecule has 2 N–H and O–H groups in total. The second kappa shape index (κ2) is 5.71. The molecule has 3 nitrogen and oxygen atoms in total. The standard InChI is InChI=1S/C15H12FN3S/c16-13-9-5-4-8-12(13)14-10-20-15(17-14)19-18-11-6-2-1-3-7-11/h1-10,18H,(H,17,19). The predicted molar refractivity (Wildman–Crippen MR) is 81.2 cm³/mol. The van der Waals surface area contributed by atoms with E-state index in [1.165, 1.54) is 17.4 Å². The molecule has 3 aromatic rings. The third kappa shape index (κ3) is 2.78. The van der Waals surface area contributed by atoms with Crippen LogP contribution in [0.5, 0.6) is 0 Å². The van der Waals surface area contributed by atoms with Crippen molar-refractivity contribution in [3.63, 3.8) is 0 Å². The number of hydrogen-bond acceptors (Lipinski definition) is 4. The van der Waals surface area contributed by atoms with Gasteiger partial charge >= 0.3 is 0 Å². The number of benzene rings is 2. The van der Waals surface area contributed by atoms with E-state index in [1.54, 1.807) is 18.2 Å². The van der Waals surface area contributed by atoms with Crippen LogP contribution in [0.3, 0.4) is 0 Å². The zero-order chi connectivity index (χ0) is 13.8. The number of aromatic nitrogens is 1. The zero-order valence-corrected chi connectivity index (χ0v) is 11.3. The first-order valence-electron chi connectivity index (χ1n) is 6.10. The van der Waals surface area contributed by atoms with E-state index < -0.39 is 0 Å². The quantitative estimate of drug-likeness (QED) is 0.698. The second-order valence-electron chi connectivity index (χ2n) is 4.13. The Balaban J connectivity index is 1.73. The maximum Gasteiger partial charge on any atom is 0.202 e. The van der Waals surface area contributed by atoms with Crippen molar-refractivity contribution >= 4 is 22.2 Å². The maximum atomic E-state index is 13.7. The van der Waals surface area contributed by atoms with Crippen molar-refractivity contribution in [2.24, 2.45) is 0 Å². The van der Waals surface area contributed by atoms with Crippen LogP contribution in [0, 0.1) is 5.82 Å². The molecule has 0 atom stereocenters. The lowest BCUT2D eigenvalue weighted by Gasteiger charge is -2.05. The summed E-state index contributed by atoms with van der Waals surface area (Å²) < 4.78 is 13.7. The number of halogens is 1. The first kappa shape index (κ1) is 12.6. The van der Waals surface area contributed by atoms with Crippen LogP contribution in [0.4, 0.5) is 15.2 Å². The summed E-state index contributed by atoms with van der Waals surface area (Å²) in [5.41, 5.74) is 8.13.